The molecule has 0 amide bonds. The molecule has 3 rings (SSSR count). The summed E-state index contributed by atoms with van der Waals surface area (Å²) >= 11 is 0. The van der Waals surface area contributed by atoms with Crippen LogP contribution >= 0.6 is 0 Å². The highest BCUT2D eigenvalue weighted by Crippen LogP contribution is 2.27. The Balaban J connectivity index is 1.95. The first kappa shape index (κ1) is 16.6. The van der Waals surface area contributed by atoms with E-state index in [-0.39, 0.29) is 17.3 Å². The number of nitrogens with zero attached hydrogens (tertiary/aromatic N) is 3. The maximum absolute atomic E-state index is 13.2. The van der Waals surface area contributed by atoms with Crippen molar-refractivity contribution in [1.82, 2.24) is 14.5 Å². The van der Waals surface area contributed by atoms with Crippen LogP contribution in [-0.4, -0.2) is 25.6 Å². The van der Waals surface area contributed by atoms with E-state index in [2.05, 4.69) is 9.97 Å². The molecule has 1 aromatic carbocycles. The van der Waals surface area contributed by atoms with Crippen LogP contribution in [-0.2, 0) is 13.5 Å². The lowest BCUT2D eigenvalue weighted by molar-refractivity contribution is 0.0681. The molecule has 7 heteroatoms. The second kappa shape index (κ2) is 7.12. The molecule has 1 N–H and O–H groups in total. The van der Waals surface area contributed by atoms with Crippen molar-refractivity contribution in [2.24, 2.45) is 7.05 Å². The summed E-state index contributed by atoms with van der Waals surface area (Å²) in [5.41, 5.74) is 1.46. The molecular weight excluding hydrogens is 325 g/mol. The number of aromatic carboxylic acids is 1. The molecule has 0 aliphatic heterocycles. The molecule has 6 nitrogen and oxygen atoms in total. The molecule has 128 valence electrons. The fourth-order valence-corrected chi connectivity index (χ4v) is 2.48. The first-order chi connectivity index (χ1) is 12.0. The van der Waals surface area contributed by atoms with E-state index in [0.717, 1.165) is 11.3 Å². The highest BCUT2D eigenvalue weighted by Gasteiger charge is 2.20. The number of aromatic nitrogens is 3. The van der Waals surface area contributed by atoms with Crippen LogP contribution in [0.2, 0.25) is 0 Å². The summed E-state index contributed by atoms with van der Waals surface area (Å²) in [5.74, 6) is -1.36. The Labute approximate surface area is 143 Å². The van der Waals surface area contributed by atoms with Crippen LogP contribution in [0.4, 0.5) is 4.39 Å². The van der Waals surface area contributed by atoms with Crippen molar-refractivity contribution in [3.8, 4) is 5.75 Å². The molecule has 0 saturated heterocycles. The maximum atomic E-state index is 13.2. The second-order valence-corrected chi connectivity index (χ2v) is 5.51. The van der Waals surface area contributed by atoms with E-state index in [1.54, 1.807) is 36.8 Å². The van der Waals surface area contributed by atoms with Crippen molar-refractivity contribution in [2.45, 2.75) is 12.5 Å². The van der Waals surface area contributed by atoms with Crippen LogP contribution in [0, 0.1) is 5.82 Å². The Morgan fingerprint density at radius 3 is 2.72 bits per heavy atom. The Bertz CT molecular complexity index is 877. The molecule has 1 atom stereocenters. The van der Waals surface area contributed by atoms with Crippen LogP contribution in [0.1, 0.15) is 27.8 Å². The van der Waals surface area contributed by atoms with E-state index in [0.29, 0.717) is 6.42 Å². The monoisotopic (exact) mass is 341 g/mol. The third-order valence-corrected chi connectivity index (χ3v) is 3.80. The van der Waals surface area contributed by atoms with Crippen LogP contribution in [0.25, 0.3) is 0 Å². The molecule has 0 bridgehead atoms. The van der Waals surface area contributed by atoms with Crippen molar-refractivity contribution in [2.75, 3.05) is 0 Å². The maximum Gasteiger partial charge on any atom is 0.358 e. The molecule has 0 aliphatic carbocycles. The number of rotatable bonds is 6. The number of ether oxygens (including phenoxy) is 1. The minimum absolute atomic E-state index is 0.159. The largest absolute Gasteiger partial charge is 0.483 e. The standard InChI is InChI=1S/C18H16FN3O3/c1-22-11-20-10-14(22)9-16(12-4-6-13(19)7-5-12)25-15-3-2-8-21-17(15)18(23)24/h2-8,10-11,16H,9H2,1H3,(H,23,24). The van der Waals surface area contributed by atoms with Crippen LogP contribution in [0.3, 0.4) is 0 Å². The zero-order chi connectivity index (χ0) is 17.8. The lowest BCUT2D eigenvalue weighted by atomic mass is 10.0. The van der Waals surface area contributed by atoms with Crippen molar-refractivity contribution >= 4 is 5.97 Å². The van der Waals surface area contributed by atoms with E-state index >= 15 is 0 Å². The number of carbonyl (C=O) groups is 1. The first-order valence-corrected chi connectivity index (χ1v) is 7.60. The van der Waals surface area contributed by atoms with Gasteiger partial charge in [-0.3, -0.25) is 0 Å². The van der Waals surface area contributed by atoms with Gasteiger partial charge in [0, 0.05) is 31.6 Å². The normalized spacial score (nSPS) is 11.9. The quantitative estimate of drug-likeness (QED) is 0.746. The Kier molecular flexibility index (Phi) is 4.74. The van der Waals surface area contributed by atoms with Gasteiger partial charge in [-0.25, -0.2) is 19.2 Å². The summed E-state index contributed by atoms with van der Waals surface area (Å²) in [4.78, 5) is 19.3. The predicted molar refractivity (Wildman–Crippen MR) is 87.9 cm³/mol. The molecule has 3 aromatic rings. The van der Waals surface area contributed by atoms with E-state index < -0.39 is 12.1 Å². The fourth-order valence-electron chi connectivity index (χ4n) is 2.48. The molecule has 0 saturated carbocycles. The molecule has 0 aliphatic rings. The molecule has 1 unspecified atom stereocenters. The third-order valence-electron chi connectivity index (χ3n) is 3.80. The van der Waals surface area contributed by atoms with E-state index in [4.69, 9.17) is 4.74 Å². The van der Waals surface area contributed by atoms with Gasteiger partial charge in [0.25, 0.3) is 0 Å². The van der Waals surface area contributed by atoms with Gasteiger partial charge >= 0.3 is 5.97 Å². The number of hydrogen-bond acceptors (Lipinski definition) is 4. The second-order valence-electron chi connectivity index (χ2n) is 5.51. The fraction of sp³-hybridized carbons (Fsp3) is 0.167. The average molecular weight is 341 g/mol. The lowest BCUT2D eigenvalue weighted by Crippen LogP contribution is -2.15. The van der Waals surface area contributed by atoms with Gasteiger partial charge in [-0.05, 0) is 29.8 Å². The number of hydrogen-bond donors (Lipinski definition) is 1. The summed E-state index contributed by atoms with van der Waals surface area (Å²) in [7, 11) is 1.86. The van der Waals surface area contributed by atoms with Gasteiger partial charge in [-0.2, -0.15) is 0 Å². The van der Waals surface area contributed by atoms with E-state index in [1.807, 2.05) is 11.6 Å². The lowest BCUT2D eigenvalue weighted by Gasteiger charge is -2.20. The van der Waals surface area contributed by atoms with Crippen LogP contribution in [0.5, 0.6) is 5.75 Å². The van der Waals surface area contributed by atoms with Gasteiger partial charge in [-0.1, -0.05) is 12.1 Å². The molecular formula is C18H16FN3O3. The number of carboxylic acids is 1. The van der Waals surface area contributed by atoms with Gasteiger partial charge in [0.05, 0.1) is 6.33 Å². The average Bonchev–Trinajstić information content (AvgIpc) is 3.00. The Morgan fingerprint density at radius 2 is 2.08 bits per heavy atom. The number of benzene rings is 1. The minimum atomic E-state index is -1.17. The zero-order valence-corrected chi connectivity index (χ0v) is 13.5. The smallest absolute Gasteiger partial charge is 0.358 e. The van der Waals surface area contributed by atoms with E-state index in [9.17, 15) is 14.3 Å². The minimum Gasteiger partial charge on any atom is -0.483 e. The zero-order valence-electron chi connectivity index (χ0n) is 13.5. The summed E-state index contributed by atoms with van der Waals surface area (Å²) < 4.78 is 21.0. The molecule has 0 radical (unpaired) electrons. The van der Waals surface area contributed by atoms with Gasteiger partial charge in [0.15, 0.2) is 11.4 Å². The molecule has 2 heterocycles. The SMILES string of the molecule is Cn1cncc1CC(Oc1cccnc1C(=O)O)c1ccc(F)cc1. The van der Waals surface area contributed by atoms with Gasteiger partial charge < -0.3 is 14.4 Å². The van der Waals surface area contributed by atoms with Crippen LogP contribution in [0.15, 0.2) is 55.1 Å². The third kappa shape index (κ3) is 3.82. The number of pyridine rings is 1. The van der Waals surface area contributed by atoms with E-state index in [1.165, 1.54) is 18.3 Å². The molecule has 25 heavy (non-hydrogen) atoms. The Morgan fingerprint density at radius 1 is 1.32 bits per heavy atom. The van der Waals surface area contributed by atoms with Crippen molar-refractivity contribution in [1.29, 1.82) is 0 Å². The summed E-state index contributed by atoms with van der Waals surface area (Å²) in [5, 5.41) is 9.28. The van der Waals surface area contributed by atoms with Crippen LogP contribution < -0.4 is 4.74 Å². The predicted octanol–water partition coefficient (Wildman–Crippen LogP) is 3.02. The number of halogens is 1. The number of aryl methyl sites for hydroxylation is 1. The Hall–Kier alpha value is -3.22. The molecule has 0 fully saturated rings. The van der Waals surface area contributed by atoms with Gasteiger partial charge in [0.1, 0.15) is 11.9 Å². The van der Waals surface area contributed by atoms with Crippen molar-refractivity contribution < 1.29 is 19.0 Å². The first-order valence-electron chi connectivity index (χ1n) is 7.60. The van der Waals surface area contributed by atoms with Crippen molar-refractivity contribution in [3.63, 3.8) is 0 Å². The highest BCUT2D eigenvalue weighted by molar-refractivity contribution is 5.88. The number of carboxylic acid groups (broad SMARTS) is 1. The highest BCUT2D eigenvalue weighted by atomic mass is 19.1. The molecule has 0 spiro atoms. The topological polar surface area (TPSA) is 77.2 Å². The summed E-state index contributed by atoms with van der Waals surface area (Å²) in [6, 6.07) is 9.08. The summed E-state index contributed by atoms with van der Waals surface area (Å²) in [6.45, 7) is 0. The molecule has 2 aromatic heterocycles. The number of imidazole rings is 1. The van der Waals surface area contributed by atoms with Gasteiger partial charge in [-0.15, -0.1) is 0 Å². The van der Waals surface area contributed by atoms with Crippen molar-refractivity contribution in [3.05, 3.63) is 77.9 Å². The van der Waals surface area contributed by atoms with Gasteiger partial charge in [0.2, 0.25) is 0 Å². The summed E-state index contributed by atoms with van der Waals surface area (Å²) in [6.07, 6.45) is 4.70.